The molecule has 1 N–H and O–H groups in total. The van der Waals surface area contributed by atoms with Crippen molar-refractivity contribution in [2.75, 3.05) is 6.61 Å². The van der Waals surface area contributed by atoms with E-state index in [1.807, 2.05) is 0 Å². The summed E-state index contributed by atoms with van der Waals surface area (Å²) in [4.78, 5) is 22.8. The first-order valence-corrected chi connectivity index (χ1v) is 8.17. The lowest BCUT2D eigenvalue weighted by Gasteiger charge is -2.20. The molecule has 0 saturated heterocycles. The number of aromatic hydroxyl groups is 1. The summed E-state index contributed by atoms with van der Waals surface area (Å²) >= 11 is 0. The minimum Gasteiger partial charge on any atom is -0.504 e. The molecule has 1 atom stereocenters. The number of para-hydroxylation sites is 1. The minimum absolute atomic E-state index is 0.0338. The van der Waals surface area contributed by atoms with Crippen molar-refractivity contribution in [3.8, 4) is 11.5 Å². The molecule has 9 heteroatoms. The summed E-state index contributed by atoms with van der Waals surface area (Å²) in [6, 6.07) is 10.5. The number of nitro benzene ring substituents is 1. The standard InChI is InChI=1S/C18H17N3O6/c1-3-26-16-10-12(8-9-15(16)23)18-20(11(2)22)19-17(27-18)13-6-4-5-7-14(13)21(24)25/h4-10,18,23H,3H2,1-2H3/t18-/m1/s1. The fourth-order valence-corrected chi connectivity index (χ4v) is 2.66. The Kier molecular flexibility index (Phi) is 4.93. The van der Waals surface area contributed by atoms with Crippen molar-refractivity contribution in [1.82, 2.24) is 5.01 Å². The summed E-state index contributed by atoms with van der Waals surface area (Å²) in [6.45, 7) is 3.43. The molecule has 27 heavy (non-hydrogen) atoms. The first-order chi connectivity index (χ1) is 12.9. The van der Waals surface area contributed by atoms with Crippen molar-refractivity contribution in [1.29, 1.82) is 0 Å². The monoisotopic (exact) mass is 371 g/mol. The highest BCUT2D eigenvalue weighted by Crippen LogP contribution is 2.36. The van der Waals surface area contributed by atoms with Crippen LogP contribution >= 0.6 is 0 Å². The molecule has 9 nitrogen and oxygen atoms in total. The Balaban J connectivity index is 2.00. The smallest absolute Gasteiger partial charge is 0.282 e. The molecule has 0 aromatic heterocycles. The van der Waals surface area contributed by atoms with Gasteiger partial charge in [-0.15, -0.1) is 5.10 Å². The highest BCUT2D eigenvalue weighted by Gasteiger charge is 2.35. The molecule has 2 aromatic rings. The van der Waals surface area contributed by atoms with Gasteiger partial charge < -0.3 is 14.6 Å². The number of nitrogens with zero attached hydrogens (tertiary/aromatic N) is 3. The van der Waals surface area contributed by atoms with Gasteiger partial charge in [0.25, 0.3) is 5.69 Å². The van der Waals surface area contributed by atoms with Gasteiger partial charge in [-0.2, -0.15) is 5.01 Å². The van der Waals surface area contributed by atoms with Gasteiger partial charge in [0.05, 0.1) is 11.5 Å². The lowest BCUT2D eigenvalue weighted by Crippen LogP contribution is -2.25. The lowest BCUT2D eigenvalue weighted by molar-refractivity contribution is -0.385. The molecule has 3 rings (SSSR count). The maximum absolute atomic E-state index is 12.0. The molecule has 0 saturated carbocycles. The highest BCUT2D eigenvalue weighted by molar-refractivity contribution is 5.99. The molecule has 1 amide bonds. The second-order valence-electron chi connectivity index (χ2n) is 5.67. The summed E-state index contributed by atoms with van der Waals surface area (Å²) in [5.41, 5.74) is 0.491. The first kappa shape index (κ1) is 18.2. The quantitative estimate of drug-likeness (QED) is 0.638. The van der Waals surface area contributed by atoms with E-state index >= 15 is 0 Å². The zero-order valence-corrected chi connectivity index (χ0v) is 14.7. The van der Waals surface area contributed by atoms with Crippen molar-refractivity contribution >= 4 is 17.5 Å². The van der Waals surface area contributed by atoms with Crippen LogP contribution in [-0.2, 0) is 9.53 Å². The van der Waals surface area contributed by atoms with Crippen LogP contribution in [0.1, 0.15) is 31.2 Å². The van der Waals surface area contributed by atoms with E-state index in [4.69, 9.17) is 9.47 Å². The van der Waals surface area contributed by atoms with E-state index in [-0.39, 0.29) is 28.6 Å². The van der Waals surface area contributed by atoms with Gasteiger partial charge in [0, 0.05) is 18.6 Å². The summed E-state index contributed by atoms with van der Waals surface area (Å²) in [7, 11) is 0. The van der Waals surface area contributed by atoms with E-state index in [2.05, 4.69) is 5.10 Å². The molecule has 0 fully saturated rings. The molecular weight excluding hydrogens is 354 g/mol. The predicted octanol–water partition coefficient (Wildman–Crippen LogP) is 2.94. The van der Waals surface area contributed by atoms with Gasteiger partial charge in [0.1, 0.15) is 5.56 Å². The Hall–Kier alpha value is -3.62. The van der Waals surface area contributed by atoms with Gasteiger partial charge >= 0.3 is 0 Å². The lowest BCUT2D eigenvalue weighted by atomic mass is 10.1. The molecule has 0 spiro atoms. The summed E-state index contributed by atoms with van der Waals surface area (Å²) in [6.07, 6.45) is -0.933. The van der Waals surface area contributed by atoms with Crippen LogP contribution in [-0.4, -0.2) is 33.5 Å². The van der Waals surface area contributed by atoms with Crippen molar-refractivity contribution in [3.63, 3.8) is 0 Å². The SMILES string of the molecule is CCOc1cc([C@H]2OC(c3ccccc3[N+](=O)[O-])=NN2C(C)=O)ccc1O. The Morgan fingerprint density at radius 3 is 2.78 bits per heavy atom. The van der Waals surface area contributed by atoms with Crippen LogP contribution in [0.3, 0.4) is 0 Å². The number of hydrogen-bond acceptors (Lipinski definition) is 7. The van der Waals surface area contributed by atoms with Gasteiger partial charge in [-0.05, 0) is 31.2 Å². The van der Waals surface area contributed by atoms with Crippen LogP contribution in [0.5, 0.6) is 11.5 Å². The van der Waals surface area contributed by atoms with E-state index in [1.54, 1.807) is 19.1 Å². The number of carbonyl (C=O) groups excluding carboxylic acids is 1. The number of rotatable bonds is 5. The van der Waals surface area contributed by atoms with E-state index in [0.717, 1.165) is 5.01 Å². The minimum atomic E-state index is -0.933. The van der Waals surface area contributed by atoms with Crippen LogP contribution < -0.4 is 4.74 Å². The fourth-order valence-electron chi connectivity index (χ4n) is 2.66. The molecule has 1 aliphatic heterocycles. The molecule has 1 heterocycles. The largest absolute Gasteiger partial charge is 0.504 e. The maximum Gasteiger partial charge on any atom is 0.282 e. The Morgan fingerprint density at radius 1 is 1.37 bits per heavy atom. The Morgan fingerprint density at radius 2 is 2.11 bits per heavy atom. The summed E-state index contributed by atoms with van der Waals surface area (Å²) in [5, 5.41) is 26.3. The average Bonchev–Trinajstić information content (AvgIpc) is 3.09. The average molecular weight is 371 g/mol. The highest BCUT2D eigenvalue weighted by atomic mass is 16.6. The summed E-state index contributed by atoms with van der Waals surface area (Å²) in [5.74, 6) is -0.248. The number of phenols is 1. The van der Waals surface area contributed by atoms with Gasteiger partial charge in [-0.3, -0.25) is 14.9 Å². The number of amides is 1. The Labute approximate surface area is 154 Å². The second-order valence-corrected chi connectivity index (χ2v) is 5.67. The van der Waals surface area contributed by atoms with Crippen LogP contribution in [0.4, 0.5) is 5.69 Å². The third-order valence-electron chi connectivity index (χ3n) is 3.87. The van der Waals surface area contributed by atoms with Crippen LogP contribution in [0, 0.1) is 10.1 Å². The van der Waals surface area contributed by atoms with Crippen LogP contribution in [0.25, 0.3) is 0 Å². The molecule has 0 unspecified atom stereocenters. The van der Waals surface area contributed by atoms with E-state index < -0.39 is 17.1 Å². The van der Waals surface area contributed by atoms with Crippen molar-refractivity contribution in [3.05, 3.63) is 63.7 Å². The Bertz CT molecular complexity index is 927. The number of hydrazone groups is 1. The molecule has 2 aromatic carbocycles. The van der Waals surface area contributed by atoms with Gasteiger partial charge in [-0.1, -0.05) is 12.1 Å². The molecule has 0 bridgehead atoms. The van der Waals surface area contributed by atoms with Crippen molar-refractivity contribution in [2.45, 2.75) is 20.1 Å². The van der Waals surface area contributed by atoms with E-state index in [0.29, 0.717) is 12.2 Å². The predicted molar refractivity (Wildman–Crippen MR) is 95.3 cm³/mol. The second kappa shape index (κ2) is 7.32. The number of benzene rings is 2. The van der Waals surface area contributed by atoms with E-state index in [1.165, 1.54) is 37.3 Å². The third-order valence-corrected chi connectivity index (χ3v) is 3.87. The molecular formula is C18H17N3O6. The molecule has 1 aliphatic rings. The number of nitro groups is 1. The van der Waals surface area contributed by atoms with Crippen molar-refractivity contribution in [2.24, 2.45) is 5.10 Å². The maximum atomic E-state index is 12.0. The van der Waals surface area contributed by atoms with Crippen LogP contribution in [0.15, 0.2) is 47.6 Å². The summed E-state index contributed by atoms with van der Waals surface area (Å²) < 4.78 is 11.1. The van der Waals surface area contributed by atoms with Crippen molar-refractivity contribution < 1.29 is 24.3 Å². The number of ether oxygens (including phenoxy) is 2. The zero-order chi connectivity index (χ0) is 19.6. The molecule has 140 valence electrons. The topological polar surface area (TPSA) is 114 Å². The molecule has 0 radical (unpaired) electrons. The molecule has 0 aliphatic carbocycles. The first-order valence-electron chi connectivity index (χ1n) is 8.17. The number of phenolic OH excluding ortho intramolecular Hbond substituents is 1. The zero-order valence-electron chi connectivity index (χ0n) is 14.7. The normalized spacial score (nSPS) is 15.9. The number of carbonyl (C=O) groups is 1. The third kappa shape index (κ3) is 3.52. The van der Waals surface area contributed by atoms with Gasteiger partial charge in [-0.25, -0.2) is 0 Å². The van der Waals surface area contributed by atoms with Gasteiger partial charge in [0.2, 0.25) is 18.0 Å². The number of hydrogen-bond donors (Lipinski definition) is 1. The van der Waals surface area contributed by atoms with E-state index in [9.17, 15) is 20.0 Å². The van der Waals surface area contributed by atoms with Crippen LogP contribution in [0.2, 0.25) is 0 Å². The fraction of sp³-hybridized carbons (Fsp3) is 0.222. The van der Waals surface area contributed by atoms with Gasteiger partial charge in [0.15, 0.2) is 11.5 Å².